The minimum atomic E-state index is -3.69. The molecule has 2 atom stereocenters. The quantitative estimate of drug-likeness (QED) is 0.770. The highest BCUT2D eigenvalue weighted by atomic mass is 32.2. The van der Waals surface area contributed by atoms with Crippen molar-refractivity contribution in [1.82, 2.24) is 9.44 Å². The van der Waals surface area contributed by atoms with Gasteiger partial charge in [0.1, 0.15) is 0 Å². The lowest BCUT2D eigenvalue weighted by molar-refractivity contribution is 0.340. The van der Waals surface area contributed by atoms with Gasteiger partial charge in [-0.05, 0) is 37.1 Å². The smallest absolute Gasteiger partial charge is 0.240 e. The highest BCUT2D eigenvalue weighted by Crippen LogP contribution is 2.22. The number of benzene rings is 1. The Hall–Kier alpha value is -1.16. The van der Waals surface area contributed by atoms with Gasteiger partial charge in [0.25, 0.3) is 0 Å². The molecule has 0 heterocycles. The van der Waals surface area contributed by atoms with Gasteiger partial charge in [-0.25, -0.2) is 26.3 Å². The standard InChI is InChI=1S/C15H25N3O4S2/c1-18(2)12-8-10-13(11-9-12)24(21,22)17-15-7-5-4-6-14(15)16-23(3,19)20/h8-11,14-17H,4-7H2,1-3H3/t14-,15+/m1/s1. The van der Waals surface area contributed by atoms with Gasteiger partial charge in [0.2, 0.25) is 20.0 Å². The SMILES string of the molecule is CN(C)c1ccc(S(=O)(=O)N[C@H]2CCCC[C@H]2NS(C)(=O)=O)cc1. The molecule has 1 aromatic carbocycles. The molecule has 0 aliphatic heterocycles. The summed E-state index contributed by atoms with van der Waals surface area (Å²) in [5, 5.41) is 0. The van der Waals surface area contributed by atoms with Crippen molar-refractivity contribution in [1.29, 1.82) is 0 Å². The summed E-state index contributed by atoms with van der Waals surface area (Å²) in [5.41, 5.74) is 0.906. The lowest BCUT2D eigenvalue weighted by atomic mass is 9.92. The third-order valence-electron chi connectivity index (χ3n) is 4.10. The molecule has 0 amide bonds. The molecule has 7 nitrogen and oxygen atoms in total. The van der Waals surface area contributed by atoms with Crippen LogP contribution in [0.3, 0.4) is 0 Å². The third kappa shape index (κ3) is 5.17. The molecule has 2 N–H and O–H groups in total. The molecular weight excluding hydrogens is 350 g/mol. The van der Waals surface area contributed by atoms with Crippen LogP contribution in [0.1, 0.15) is 25.7 Å². The lowest BCUT2D eigenvalue weighted by Gasteiger charge is -2.32. The number of hydrogen-bond donors (Lipinski definition) is 2. The van der Waals surface area contributed by atoms with Crippen LogP contribution < -0.4 is 14.3 Å². The van der Waals surface area contributed by atoms with E-state index >= 15 is 0 Å². The molecule has 0 spiro atoms. The van der Waals surface area contributed by atoms with Crippen LogP contribution in [-0.4, -0.2) is 49.3 Å². The van der Waals surface area contributed by atoms with Crippen LogP contribution in [0.2, 0.25) is 0 Å². The molecule has 1 aromatic rings. The topological polar surface area (TPSA) is 95.6 Å². The highest BCUT2D eigenvalue weighted by molar-refractivity contribution is 7.89. The molecule has 2 rings (SSSR count). The normalized spacial score (nSPS) is 22.3. The van der Waals surface area contributed by atoms with E-state index < -0.39 is 32.1 Å². The van der Waals surface area contributed by atoms with Crippen molar-refractivity contribution >= 4 is 25.7 Å². The second kappa shape index (κ2) is 7.38. The zero-order valence-corrected chi connectivity index (χ0v) is 15.8. The highest BCUT2D eigenvalue weighted by Gasteiger charge is 2.31. The van der Waals surface area contributed by atoms with E-state index in [1.165, 1.54) is 0 Å². The van der Waals surface area contributed by atoms with Gasteiger partial charge >= 0.3 is 0 Å². The van der Waals surface area contributed by atoms with E-state index in [1.807, 2.05) is 19.0 Å². The molecule has 24 heavy (non-hydrogen) atoms. The minimum Gasteiger partial charge on any atom is -0.378 e. The van der Waals surface area contributed by atoms with Gasteiger partial charge < -0.3 is 4.90 Å². The maximum atomic E-state index is 12.6. The average molecular weight is 376 g/mol. The van der Waals surface area contributed by atoms with Crippen LogP contribution in [0.4, 0.5) is 5.69 Å². The molecule has 0 radical (unpaired) electrons. The van der Waals surface area contributed by atoms with Gasteiger partial charge in [0.15, 0.2) is 0 Å². The van der Waals surface area contributed by atoms with E-state index in [0.29, 0.717) is 12.8 Å². The fourth-order valence-corrected chi connectivity index (χ4v) is 5.02. The summed E-state index contributed by atoms with van der Waals surface area (Å²) in [6, 6.07) is 5.74. The van der Waals surface area contributed by atoms with E-state index in [2.05, 4.69) is 9.44 Å². The summed E-state index contributed by atoms with van der Waals surface area (Å²) in [6.45, 7) is 0. The van der Waals surface area contributed by atoms with Crippen LogP contribution >= 0.6 is 0 Å². The van der Waals surface area contributed by atoms with Gasteiger partial charge in [0.05, 0.1) is 11.2 Å². The zero-order valence-electron chi connectivity index (χ0n) is 14.2. The van der Waals surface area contributed by atoms with Gasteiger partial charge in [0, 0.05) is 31.9 Å². The number of sulfonamides is 2. The van der Waals surface area contributed by atoms with E-state index in [0.717, 1.165) is 24.8 Å². The van der Waals surface area contributed by atoms with Gasteiger partial charge in [-0.1, -0.05) is 12.8 Å². The van der Waals surface area contributed by atoms with Crippen molar-refractivity contribution in [2.45, 2.75) is 42.7 Å². The Morgan fingerprint density at radius 1 is 0.917 bits per heavy atom. The van der Waals surface area contributed by atoms with Crippen molar-refractivity contribution in [3.63, 3.8) is 0 Å². The van der Waals surface area contributed by atoms with E-state index in [4.69, 9.17) is 0 Å². The van der Waals surface area contributed by atoms with Crippen molar-refractivity contribution in [3.05, 3.63) is 24.3 Å². The molecule has 0 bridgehead atoms. The largest absolute Gasteiger partial charge is 0.378 e. The van der Waals surface area contributed by atoms with Crippen LogP contribution in [0.5, 0.6) is 0 Å². The van der Waals surface area contributed by atoms with E-state index in [-0.39, 0.29) is 4.90 Å². The summed E-state index contributed by atoms with van der Waals surface area (Å²) in [7, 11) is -3.32. The van der Waals surface area contributed by atoms with Crippen LogP contribution in [0, 0.1) is 0 Å². The first-order valence-electron chi connectivity index (χ1n) is 7.85. The second-order valence-corrected chi connectivity index (χ2v) is 9.89. The molecule has 0 aromatic heterocycles. The molecule has 136 valence electrons. The van der Waals surface area contributed by atoms with Crippen LogP contribution in [-0.2, 0) is 20.0 Å². The minimum absolute atomic E-state index is 0.178. The van der Waals surface area contributed by atoms with Crippen molar-refractivity contribution in [2.75, 3.05) is 25.3 Å². The number of nitrogens with zero attached hydrogens (tertiary/aromatic N) is 1. The Labute approximate surface area is 144 Å². The molecule has 9 heteroatoms. The maximum Gasteiger partial charge on any atom is 0.240 e. The summed E-state index contributed by atoms with van der Waals surface area (Å²) < 4.78 is 53.4. The Morgan fingerprint density at radius 2 is 1.42 bits per heavy atom. The summed E-state index contributed by atoms with van der Waals surface area (Å²) in [4.78, 5) is 2.06. The predicted molar refractivity (Wildman–Crippen MR) is 95.1 cm³/mol. The van der Waals surface area contributed by atoms with Crippen LogP contribution in [0.25, 0.3) is 0 Å². The Bertz CT molecular complexity index is 758. The molecule has 1 fully saturated rings. The van der Waals surface area contributed by atoms with Gasteiger partial charge in [-0.3, -0.25) is 0 Å². The summed E-state index contributed by atoms with van der Waals surface area (Å²) in [6.07, 6.45) is 4.08. The Kier molecular flexibility index (Phi) is 5.90. The first-order valence-corrected chi connectivity index (χ1v) is 11.2. The summed E-state index contributed by atoms with van der Waals surface area (Å²) >= 11 is 0. The fourth-order valence-electron chi connectivity index (χ4n) is 2.88. The van der Waals surface area contributed by atoms with Crippen molar-refractivity contribution in [2.24, 2.45) is 0 Å². The number of anilines is 1. The monoisotopic (exact) mass is 375 g/mol. The molecular formula is C15H25N3O4S2. The Morgan fingerprint density at radius 3 is 1.88 bits per heavy atom. The first-order chi connectivity index (χ1) is 11.1. The number of nitrogens with one attached hydrogen (secondary N) is 2. The molecule has 0 unspecified atom stereocenters. The zero-order chi connectivity index (χ0) is 18.0. The second-order valence-electron chi connectivity index (χ2n) is 6.40. The van der Waals surface area contributed by atoms with Crippen LogP contribution in [0.15, 0.2) is 29.2 Å². The predicted octanol–water partition coefficient (Wildman–Crippen LogP) is 0.891. The Balaban J connectivity index is 2.16. The summed E-state index contributed by atoms with van der Waals surface area (Å²) in [5.74, 6) is 0. The van der Waals surface area contributed by atoms with Crippen molar-refractivity contribution in [3.8, 4) is 0 Å². The van der Waals surface area contributed by atoms with Gasteiger partial charge in [-0.15, -0.1) is 0 Å². The van der Waals surface area contributed by atoms with Gasteiger partial charge in [-0.2, -0.15) is 0 Å². The average Bonchev–Trinajstić information content (AvgIpc) is 2.48. The molecule has 1 aliphatic rings. The molecule has 1 saturated carbocycles. The van der Waals surface area contributed by atoms with Crippen molar-refractivity contribution < 1.29 is 16.8 Å². The fraction of sp³-hybridized carbons (Fsp3) is 0.600. The third-order valence-corrected chi connectivity index (χ3v) is 6.34. The lowest BCUT2D eigenvalue weighted by Crippen LogP contribution is -2.52. The molecule has 0 saturated heterocycles. The molecule has 1 aliphatic carbocycles. The number of rotatable bonds is 6. The first kappa shape index (κ1) is 19.2. The van der Waals surface area contributed by atoms with E-state index in [1.54, 1.807) is 24.3 Å². The number of hydrogen-bond acceptors (Lipinski definition) is 5. The van der Waals surface area contributed by atoms with E-state index in [9.17, 15) is 16.8 Å². The maximum absolute atomic E-state index is 12.6.